The fourth-order valence-corrected chi connectivity index (χ4v) is 1.70. The Hall–Kier alpha value is -1.95. The molecule has 1 aromatic rings. The fourth-order valence-electron chi connectivity index (χ4n) is 1.57. The number of amides is 2. The van der Waals surface area contributed by atoms with E-state index in [0.29, 0.717) is 11.1 Å². The van der Waals surface area contributed by atoms with Gasteiger partial charge in [-0.1, -0.05) is 24.4 Å². The van der Waals surface area contributed by atoms with Crippen LogP contribution in [0.1, 0.15) is 36.7 Å². The topological polar surface area (TPSA) is 84.2 Å². The van der Waals surface area contributed by atoms with Gasteiger partial charge < -0.3 is 16.4 Å². The summed E-state index contributed by atoms with van der Waals surface area (Å²) < 4.78 is 0. The number of rotatable bonds is 5. The Morgan fingerprint density at radius 2 is 1.75 bits per heavy atom. The van der Waals surface area contributed by atoms with Crippen molar-refractivity contribution in [3.8, 4) is 0 Å². The lowest BCUT2D eigenvalue weighted by atomic mass is 10.1. The van der Waals surface area contributed by atoms with Crippen LogP contribution in [0.4, 0.5) is 0 Å². The summed E-state index contributed by atoms with van der Waals surface area (Å²) in [4.78, 5) is 24.0. The number of benzene rings is 1. The zero-order valence-corrected chi connectivity index (χ0v) is 12.6. The van der Waals surface area contributed by atoms with Gasteiger partial charge in [0.05, 0.1) is 0 Å². The van der Waals surface area contributed by atoms with Gasteiger partial charge in [-0.3, -0.25) is 9.59 Å². The highest BCUT2D eigenvalue weighted by Crippen LogP contribution is 2.05. The van der Waals surface area contributed by atoms with E-state index in [4.69, 9.17) is 18.0 Å². The van der Waals surface area contributed by atoms with Crippen molar-refractivity contribution in [3.63, 3.8) is 0 Å². The Kier molecular flexibility index (Phi) is 5.64. The SMILES string of the molecule is CC(C)NC(=O)C(C)NC(=O)c1cccc(C(N)=S)c1. The molecular formula is C14H19N3O2S. The van der Waals surface area contributed by atoms with Crippen molar-refractivity contribution in [1.29, 1.82) is 0 Å². The smallest absolute Gasteiger partial charge is 0.251 e. The minimum Gasteiger partial charge on any atom is -0.389 e. The molecule has 0 spiro atoms. The number of nitrogens with two attached hydrogens (primary N) is 1. The van der Waals surface area contributed by atoms with Crippen LogP contribution in [0, 0.1) is 0 Å². The predicted molar refractivity (Wildman–Crippen MR) is 82.5 cm³/mol. The number of hydrogen-bond acceptors (Lipinski definition) is 3. The Morgan fingerprint density at radius 1 is 1.15 bits per heavy atom. The summed E-state index contributed by atoms with van der Waals surface area (Å²) in [5.41, 5.74) is 6.56. The van der Waals surface area contributed by atoms with Gasteiger partial charge in [-0.15, -0.1) is 0 Å². The van der Waals surface area contributed by atoms with Gasteiger partial charge >= 0.3 is 0 Å². The molecule has 1 atom stereocenters. The summed E-state index contributed by atoms with van der Waals surface area (Å²) >= 11 is 4.87. The third kappa shape index (κ3) is 4.62. The standard InChI is InChI=1S/C14H19N3O2S/c1-8(2)16-13(18)9(3)17-14(19)11-6-4-5-10(7-11)12(15)20/h4-9H,1-3H3,(H2,15,20)(H,16,18)(H,17,19). The monoisotopic (exact) mass is 293 g/mol. The van der Waals surface area contributed by atoms with Gasteiger partial charge in [0.2, 0.25) is 5.91 Å². The zero-order chi connectivity index (χ0) is 15.3. The quantitative estimate of drug-likeness (QED) is 0.706. The Labute approximate surface area is 123 Å². The molecule has 6 heteroatoms. The molecule has 0 heterocycles. The van der Waals surface area contributed by atoms with Crippen LogP contribution >= 0.6 is 12.2 Å². The molecule has 20 heavy (non-hydrogen) atoms. The first-order valence-corrected chi connectivity index (χ1v) is 6.73. The van der Waals surface area contributed by atoms with Crippen molar-refractivity contribution < 1.29 is 9.59 Å². The van der Waals surface area contributed by atoms with Gasteiger partial charge in [-0.2, -0.15) is 0 Å². The fraction of sp³-hybridized carbons (Fsp3) is 0.357. The maximum absolute atomic E-state index is 12.0. The van der Waals surface area contributed by atoms with Gasteiger partial charge in [-0.25, -0.2) is 0 Å². The molecule has 0 bridgehead atoms. The van der Waals surface area contributed by atoms with Gasteiger partial charge in [0, 0.05) is 17.2 Å². The van der Waals surface area contributed by atoms with Crippen molar-refractivity contribution in [2.75, 3.05) is 0 Å². The Balaban J connectivity index is 2.73. The van der Waals surface area contributed by atoms with E-state index in [9.17, 15) is 9.59 Å². The van der Waals surface area contributed by atoms with E-state index in [1.54, 1.807) is 31.2 Å². The average molecular weight is 293 g/mol. The maximum atomic E-state index is 12.0. The van der Waals surface area contributed by atoms with Crippen LogP contribution in [0.25, 0.3) is 0 Å². The Bertz CT molecular complexity index is 529. The summed E-state index contributed by atoms with van der Waals surface area (Å²) in [7, 11) is 0. The van der Waals surface area contributed by atoms with Crippen molar-refractivity contribution in [1.82, 2.24) is 10.6 Å². The third-order valence-electron chi connectivity index (χ3n) is 2.58. The lowest BCUT2D eigenvalue weighted by Gasteiger charge is -2.16. The zero-order valence-electron chi connectivity index (χ0n) is 11.8. The summed E-state index contributed by atoms with van der Waals surface area (Å²) in [6.45, 7) is 5.35. The van der Waals surface area contributed by atoms with Crippen LogP contribution in [0.15, 0.2) is 24.3 Å². The Morgan fingerprint density at radius 3 is 2.30 bits per heavy atom. The largest absolute Gasteiger partial charge is 0.389 e. The van der Waals surface area contributed by atoms with E-state index in [1.165, 1.54) is 0 Å². The molecule has 0 fully saturated rings. The minimum atomic E-state index is -0.613. The van der Waals surface area contributed by atoms with Crippen LogP contribution in [-0.2, 0) is 4.79 Å². The van der Waals surface area contributed by atoms with Gasteiger partial charge in [0.15, 0.2) is 0 Å². The van der Waals surface area contributed by atoms with E-state index in [0.717, 1.165) is 0 Å². The highest BCUT2D eigenvalue weighted by atomic mass is 32.1. The molecule has 1 rings (SSSR count). The van der Waals surface area contributed by atoms with Gasteiger partial charge in [0.1, 0.15) is 11.0 Å². The second kappa shape index (κ2) is 7.00. The van der Waals surface area contributed by atoms with E-state index in [1.807, 2.05) is 13.8 Å². The lowest BCUT2D eigenvalue weighted by molar-refractivity contribution is -0.123. The predicted octanol–water partition coefficient (Wildman–Crippen LogP) is 0.964. The van der Waals surface area contributed by atoms with Crippen LogP contribution in [0.3, 0.4) is 0 Å². The number of thiocarbonyl (C=S) groups is 1. The molecular weight excluding hydrogens is 274 g/mol. The van der Waals surface area contributed by atoms with Crippen LogP contribution < -0.4 is 16.4 Å². The van der Waals surface area contributed by atoms with Crippen molar-refractivity contribution in [3.05, 3.63) is 35.4 Å². The molecule has 0 saturated heterocycles. The molecule has 0 aliphatic heterocycles. The molecule has 0 radical (unpaired) electrons. The van der Waals surface area contributed by atoms with Crippen LogP contribution in [0.2, 0.25) is 0 Å². The van der Waals surface area contributed by atoms with Gasteiger partial charge in [-0.05, 0) is 32.9 Å². The van der Waals surface area contributed by atoms with Crippen molar-refractivity contribution >= 4 is 29.0 Å². The summed E-state index contributed by atoms with van der Waals surface area (Å²) in [5.74, 6) is -0.562. The van der Waals surface area contributed by atoms with Gasteiger partial charge in [0.25, 0.3) is 5.91 Å². The first-order valence-electron chi connectivity index (χ1n) is 6.32. The molecule has 5 nitrogen and oxygen atoms in total. The van der Waals surface area contributed by atoms with Crippen LogP contribution in [-0.4, -0.2) is 28.9 Å². The van der Waals surface area contributed by atoms with E-state index in [2.05, 4.69) is 10.6 Å². The van der Waals surface area contributed by atoms with E-state index in [-0.39, 0.29) is 22.8 Å². The second-order valence-electron chi connectivity index (χ2n) is 4.80. The number of hydrogen-bond donors (Lipinski definition) is 3. The first-order chi connectivity index (χ1) is 9.31. The highest BCUT2D eigenvalue weighted by molar-refractivity contribution is 7.80. The maximum Gasteiger partial charge on any atom is 0.251 e. The summed E-state index contributed by atoms with van der Waals surface area (Å²) in [6, 6.07) is 6.09. The molecule has 0 aromatic heterocycles. The summed E-state index contributed by atoms with van der Waals surface area (Å²) in [6.07, 6.45) is 0. The molecule has 108 valence electrons. The molecule has 0 saturated carbocycles. The first kappa shape index (κ1) is 16.1. The summed E-state index contributed by atoms with van der Waals surface area (Å²) in [5, 5.41) is 5.37. The molecule has 1 aromatic carbocycles. The third-order valence-corrected chi connectivity index (χ3v) is 2.82. The minimum absolute atomic E-state index is 0.0276. The molecule has 0 aliphatic carbocycles. The molecule has 0 aliphatic rings. The number of carbonyl (C=O) groups excluding carboxylic acids is 2. The number of nitrogens with one attached hydrogen (secondary N) is 2. The highest BCUT2D eigenvalue weighted by Gasteiger charge is 2.17. The van der Waals surface area contributed by atoms with E-state index >= 15 is 0 Å². The van der Waals surface area contributed by atoms with E-state index < -0.39 is 6.04 Å². The van der Waals surface area contributed by atoms with Crippen LogP contribution in [0.5, 0.6) is 0 Å². The van der Waals surface area contributed by atoms with Crippen molar-refractivity contribution in [2.45, 2.75) is 32.9 Å². The normalized spacial score (nSPS) is 11.8. The average Bonchev–Trinajstić information content (AvgIpc) is 2.37. The molecule has 4 N–H and O–H groups in total. The van der Waals surface area contributed by atoms with Crippen molar-refractivity contribution in [2.24, 2.45) is 5.73 Å². The molecule has 2 amide bonds. The lowest BCUT2D eigenvalue weighted by Crippen LogP contribution is -2.46. The second-order valence-corrected chi connectivity index (χ2v) is 5.24. The molecule has 1 unspecified atom stereocenters. The number of carbonyl (C=O) groups is 2.